The zero-order valence-electron chi connectivity index (χ0n) is 24.9. The van der Waals surface area contributed by atoms with Crippen molar-refractivity contribution < 1.29 is 5.11 Å². The van der Waals surface area contributed by atoms with Gasteiger partial charge in [0.15, 0.2) is 0 Å². The van der Waals surface area contributed by atoms with Crippen molar-refractivity contribution in [3.63, 3.8) is 0 Å². The standard InChI is InChI=1S/C34H62OS/c1-5-6-7-8-9-10-11-12-13-14-15-16-17-18-19-20-21-22-23-24-25-26-29-36-31-27-28-33(35)32(30-31)34(2,3)4/h27-28,30,35H,5-26,29H2,1-4H3. The number of phenolic OH excluding ortho intramolecular Hbond substituents is 1. The third-order valence-electron chi connectivity index (χ3n) is 7.54. The summed E-state index contributed by atoms with van der Waals surface area (Å²) >= 11 is 1.94. The lowest BCUT2D eigenvalue weighted by atomic mass is 9.86. The van der Waals surface area contributed by atoms with Gasteiger partial charge in [-0.25, -0.2) is 0 Å². The maximum Gasteiger partial charge on any atom is 0.119 e. The van der Waals surface area contributed by atoms with Crippen molar-refractivity contribution in [2.45, 2.75) is 179 Å². The van der Waals surface area contributed by atoms with Crippen molar-refractivity contribution in [1.29, 1.82) is 0 Å². The maximum absolute atomic E-state index is 10.1. The van der Waals surface area contributed by atoms with Crippen molar-refractivity contribution in [3.8, 4) is 5.75 Å². The number of hydrogen-bond acceptors (Lipinski definition) is 2. The fourth-order valence-corrected chi connectivity index (χ4v) is 6.06. The molecule has 0 fully saturated rings. The second-order valence-corrected chi connectivity index (χ2v) is 13.4. The van der Waals surface area contributed by atoms with Gasteiger partial charge in [0, 0.05) is 10.5 Å². The molecule has 1 aromatic rings. The Morgan fingerprint density at radius 1 is 0.556 bits per heavy atom. The molecule has 0 aliphatic heterocycles. The topological polar surface area (TPSA) is 20.2 Å². The molecule has 0 atom stereocenters. The first kappa shape index (κ1) is 33.4. The largest absolute Gasteiger partial charge is 0.508 e. The number of thioether (sulfide) groups is 1. The van der Waals surface area contributed by atoms with Crippen LogP contribution in [0.25, 0.3) is 0 Å². The lowest BCUT2D eigenvalue weighted by molar-refractivity contribution is 0.446. The molecule has 0 aliphatic carbocycles. The molecule has 0 bridgehead atoms. The summed E-state index contributed by atoms with van der Waals surface area (Å²) in [4.78, 5) is 1.29. The molecular formula is C34H62OS. The van der Waals surface area contributed by atoms with Crippen LogP contribution in [0.1, 0.15) is 175 Å². The third-order valence-corrected chi connectivity index (χ3v) is 8.62. The summed E-state index contributed by atoms with van der Waals surface area (Å²) in [6, 6.07) is 6.10. The van der Waals surface area contributed by atoms with Gasteiger partial charge in [0.1, 0.15) is 5.75 Å². The molecule has 1 rings (SSSR count). The lowest BCUT2D eigenvalue weighted by Gasteiger charge is -2.21. The number of phenols is 1. The van der Waals surface area contributed by atoms with Gasteiger partial charge < -0.3 is 5.11 Å². The van der Waals surface area contributed by atoms with Gasteiger partial charge in [-0.1, -0.05) is 163 Å². The molecule has 0 heterocycles. The van der Waals surface area contributed by atoms with E-state index in [9.17, 15) is 5.11 Å². The fourth-order valence-electron chi connectivity index (χ4n) is 5.11. The van der Waals surface area contributed by atoms with Crippen LogP contribution in [-0.2, 0) is 5.41 Å². The number of benzene rings is 1. The maximum atomic E-state index is 10.1. The predicted molar refractivity (Wildman–Crippen MR) is 165 cm³/mol. The smallest absolute Gasteiger partial charge is 0.119 e. The lowest BCUT2D eigenvalue weighted by Crippen LogP contribution is -2.11. The molecule has 0 saturated carbocycles. The Bertz CT molecular complexity index is 618. The van der Waals surface area contributed by atoms with Gasteiger partial charge in [-0.3, -0.25) is 0 Å². The quantitative estimate of drug-likeness (QED) is 0.108. The van der Waals surface area contributed by atoms with E-state index in [4.69, 9.17) is 0 Å². The van der Waals surface area contributed by atoms with E-state index in [1.54, 1.807) is 0 Å². The molecule has 1 aromatic carbocycles. The molecule has 0 aromatic heterocycles. The highest BCUT2D eigenvalue weighted by atomic mass is 32.2. The minimum absolute atomic E-state index is 0.00687. The minimum Gasteiger partial charge on any atom is -0.508 e. The molecular weight excluding hydrogens is 456 g/mol. The summed E-state index contributed by atoms with van der Waals surface area (Å²) in [6.07, 6.45) is 31.7. The van der Waals surface area contributed by atoms with Gasteiger partial charge in [0.25, 0.3) is 0 Å². The molecule has 0 spiro atoms. The summed E-state index contributed by atoms with van der Waals surface area (Å²) in [7, 11) is 0. The van der Waals surface area contributed by atoms with Gasteiger partial charge in [0.05, 0.1) is 0 Å². The van der Waals surface area contributed by atoms with Gasteiger partial charge in [-0.15, -0.1) is 11.8 Å². The second kappa shape index (κ2) is 22.4. The average molecular weight is 519 g/mol. The Morgan fingerprint density at radius 3 is 1.28 bits per heavy atom. The zero-order valence-corrected chi connectivity index (χ0v) is 25.7. The van der Waals surface area contributed by atoms with Crippen LogP contribution in [0.5, 0.6) is 5.75 Å². The Kier molecular flexibility index (Phi) is 20.7. The average Bonchev–Trinajstić information content (AvgIpc) is 2.84. The summed E-state index contributed by atoms with van der Waals surface area (Å²) in [5.41, 5.74) is 1.05. The molecule has 0 amide bonds. The van der Waals surface area contributed by atoms with Crippen molar-refractivity contribution >= 4 is 11.8 Å². The van der Waals surface area contributed by atoms with Gasteiger partial charge in [0.2, 0.25) is 0 Å². The monoisotopic (exact) mass is 518 g/mol. The summed E-state index contributed by atoms with van der Waals surface area (Å²) < 4.78 is 0. The molecule has 1 N–H and O–H groups in total. The van der Waals surface area contributed by atoms with E-state index in [0.717, 1.165) is 5.56 Å². The fraction of sp³-hybridized carbons (Fsp3) is 0.824. The highest BCUT2D eigenvalue weighted by molar-refractivity contribution is 7.99. The first-order valence-corrected chi connectivity index (χ1v) is 16.9. The van der Waals surface area contributed by atoms with Crippen LogP contribution in [0.2, 0.25) is 0 Å². The molecule has 0 radical (unpaired) electrons. The van der Waals surface area contributed by atoms with E-state index in [1.165, 1.54) is 152 Å². The van der Waals surface area contributed by atoms with Crippen LogP contribution in [0.15, 0.2) is 23.1 Å². The molecule has 0 unspecified atom stereocenters. The van der Waals surface area contributed by atoms with Crippen molar-refractivity contribution in [1.82, 2.24) is 0 Å². The molecule has 0 saturated heterocycles. The number of rotatable bonds is 24. The van der Waals surface area contributed by atoms with Crippen LogP contribution in [0, 0.1) is 0 Å². The van der Waals surface area contributed by atoms with Gasteiger partial charge in [-0.05, 0) is 35.8 Å². The molecule has 0 aliphatic rings. The van der Waals surface area contributed by atoms with Gasteiger partial charge in [-0.2, -0.15) is 0 Å². The van der Waals surface area contributed by atoms with E-state index in [1.807, 2.05) is 17.8 Å². The van der Waals surface area contributed by atoms with Crippen LogP contribution in [0.4, 0.5) is 0 Å². The van der Waals surface area contributed by atoms with Crippen LogP contribution >= 0.6 is 11.8 Å². The Balaban J connectivity index is 1.80. The first-order valence-electron chi connectivity index (χ1n) is 15.9. The molecule has 210 valence electrons. The van der Waals surface area contributed by atoms with Crippen LogP contribution < -0.4 is 0 Å². The predicted octanol–water partition coefficient (Wildman–Crippen LogP) is 12.4. The normalized spacial score (nSPS) is 11.9. The van der Waals surface area contributed by atoms with Gasteiger partial charge >= 0.3 is 0 Å². The molecule has 36 heavy (non-hydrogen) atoms. The van der Waals surface area contributed by atoms with Crippen molar-refractivity contribution in [3.05, 3.63) is 23.8 Å². The van der Waals surface area contributed by atoms with Crippen LogP contribution in [0.3, 0.4) is 0 Å². The summed E-state index contributed by atoms with van der Waals surface area (Å²) in [5, 5.41) is 10.1. The first-order chi connectivity index (χ1) is 17.4. The number of unbranched alkanes of at least 4 members (excludes halogenated alkanes) is 21. The highest BCUT2D eigenvalue weighted by Gasteiger charge is 2.18. The zero-order chi connectivity index (χ0) is 26.3. The van der Waals surface area contributed by atoms with E-state index in [-0.39, 0.29) is 5.41 Å². The SMILES string of the molecule is CCCCCCCCCCCCCCCCCCCCCCCCSc1ccc(O)c(C(C)(C)C)c1. The van der Waals surface area contributed by atoms with E-state index in [2.05, 4.69) is 39.8 Å². The molecule has 2 heteroatoms. The van der Waals surface area contributed by atoms with E-state index < -0.39 is 0 Å². The van der Waals surface area contributed by atoms with Crippen molar-refractivity contribution in [2.75, 3.05) is 5.75 Å². The van der Waals surface area contributed by atoms with Crippen LogP contribution in [-0.4, -0.2) is 10.9 Å². The Hall–Kier alpha value is -0.630. The number of hydrogen-bond donors (Lipinski definition) is 1. The number of aromatic hydroxyl groups is 1. The summed E-state index contributed by atoms with van der Waals surface area (Å²) in [6.45, 7) is 8.79. The second-order valence-electron chi connectivity index (χ2n) is 12.2. The van der Waals surface area contributed by atoms with E-state index in [0.29, 0.717) is 5.75 Å². The Morgan fingerprint density at radius 2 is 0.917 bits per heavy atom. The Labute approximate surface area is 231 Å². The summed E-state index contributed by atoms with van der Waals surface area (Å²) in [5.74, 6) is 1.62. The molecule has 1 nitrogen and oxygen atoms in total. The van der Waals surface area contributed by atoms with E-state index >= 15 is 0 Å². The minimum atomic E-state index is -0.00687. The van der Waals surface area contributed by atoms with Crippen molar-refractivity contribution in [2.24, 2.45) is 0 Å². The third kappa shape index (κ3) is 18.6. The highest BCUT2D eigenvalue weighted by Crippen LogP contribution is 2.34.